The fourth-order valence-corrected chi connectivity index (χ4v) is 4.21. The van der Waals surface area contributed by atoms with Gasteiger partial charge in [-0.25, -0.2) is 4.52 Å². The summed E-state index contributed by atoms with van der Waals surface area (Å²) in [5.74, 6) is 0.245. The summed E-state index contributed by atoms with van der Waals surface area (Å²) in [5, 5.41) is 4.56. The maximum Gasteiger partial charge on any atom is 0.277 e. The molecule has 0 radical (unpaired) electrons. The second-order valence-corrected chi connectivity index (χ2v) is 8.61. The number of nitrogens with zero attached hydrogens (tertiary/aromatic N) is 5. The molecule has 1 fully saturated rings. The number of benzene rings is 1. The fraction of sp³-hybridized carbons (Fsp3) is 0.522. The van der Waals surface area contributed by atoms with E-state index in [0.717, 1.165) is 30.7 Å². The van der Waals surface area contributed by atoms with Gasteiger partial charge in [0.2, 0.25) is 0 Å². The van der Waals surface area contributed by atoms with Crippen LogP contribution in [0.1, 0.15) is 44.1 Å². The number of aromatic nitrogens is 3. The van der Waals surface area contributed by atoms with Gasteiger partial charge in [-0.1, -0.05) is 39.3 Å². The summed E-state index contributed by atoms with van der Waals surface area (Å²) in [7, 11) is 0. The fourth-order valence-electron chi connectivity index (χ4n) is 4.21. The molecule has 1 aliphatic heterocycles. The van der Waals surface area contributed by atoms with E-state index in [1.807, 2.05) is 29.2 Å². The number of hydrogen-bond acceptors (Lipinski definition) is 4. The highest BCUT2D eigenvalue weighted by Crippen LogP contribution is 2.17. The highest BCUT2D eigenvalue weighted by molar-refractivity contribution is 5.94. The number of unbranched alkanes of at least 4 members (excludes halogenated alkanes) is 1. The number of hydrogen-bond donors (Lipinski definition) is 0. The van der Waals surface area contributed by atoms with Crippen LogP contribution in [-0.4, -0.2) is 62.6 Å². The van der Waals surface area contributed by atoms with Crippen LogP contribution in [0.2, 0.25) is 0 Å². The van der Waals surface area contributed by atoms with Crippen LogP contribution in [0.5, 0.6) is 0 Å². The first-order valence-electron chi connectivity index (χ1n) is 11.0. The quantitative estimate of drug-likeness (QED) is 0.628. The van der Waals surface area contributed by atoms with Crippen LogP contribution in [0.15, 0.2) is 35.1 Å². The number of amides is 1. The lowest BCUT2D eigenvalue weighted by molar-refractivity contribution is 0.0629. The van der Waals surface area contributed by atoms with Crippen molar-refractivity contribution in [2.75, 3.05) is 32.7 Å². The molecule has 0 aliphatic carbocycles. The van der Waals surface area contributed by atoms with Gasteiger partial charge in [0.25, 0.3) is 11.5 Å². The summed E-state index contributed by atoms with van der Waals surface area (Å²) in [6, 6.07) is 9.42. The molecule has 0 unspecified atom stereocenters. The molecule has 160 valence electrons. The van der Waals surface area contributed by atoms with Gasteiger partial charge in [-0.2, -0.15) is 5.10 Å². The van der Waals surface area contributed by atoms with Crippen LogP contribution in [0.4, 0.5) is 0 Å². The SMILES string of the molecule is CCCCN1CCN(C(=O)c2cc3c(=O)n(CC(C)C)c4ccccc4n3n2)CC1. The van der Waals surface area contributed by atoms with Crippen molar-refractivity contribution >= 4 is 22.5 Å². The molecular formula is C23H31N5O2. The van der Waals surface area contributed by atoms with Gasteiger partial charge < -0.3 is 9.47 Å². The van der Waals surface area contributed by atoms with Crippen molar-refractivity contribution in [2.24, 2.45) is 5.92 Å². The largest absolute Gasteiger partial charge is 0.335 e. The predicted molar refractivity (Wildman–Crippen MR) is 119 cm³/mol. The Bertz CT molecular complexity index is 1110. The van der Waals surface area contributed by atoms with Gasteiger partial charge in [0.1, 0.15) is 5.52 Å². The molecular weight excluding hydrogens is 378 g/mol. The molecule has 3 aromatic rings. The Labute approximate surface area is 176 Å². The third kappa shape index (κ3) is 3.86. The highest BCUT2D eigenvalue weighted by atomic mass is 16.2. The van der Waals surface area contributed by atoms with Crippen LogP contribution in [0, 0.1) is 5.92 Å². The summed E-state index contributed by atoms with van der Waals surface area (Å²) >= 11 is 0. The minimum absolute atomic E-state index is 0.0901. The Hall–Kier alpha value is -2.67. The molecule has 0 N–H and O–H groups in total. The molecule has 7 nitrogen and oxygen atoms in total. The van der Waals surface area contributed by atoms with E-state index >= 15 is 0 Å². The highest BCUT2D eigenvalue weighted by Gasteiger charge is 2.25. The molecule has 0 bridgehead atoms. The second-order valence-electron chi connectivity index (χ2n) is 8.61. The number of rotatable bonds is 6. The molecule has 1 aliphatic rings. The van der Waals surface area contributed by atoms with Crippen molar-refractivity contribution in [3.63, 3.8) is 0 Å². The van der Waals surface area contributed by atoms with Gasteiger partial charge >= 0.3 is 0 Å². The molecule has 1 aromatic carbocycles. The van der Waals surface area contributed by atoms with E-state index in [0.29, 0.717) is 36.8 Å². The van der Waals surface area contributed by atoms with Crippen LogP contribution in [-0.2, 0) is 6.54 Å². The molecule has 0 saturated carbocycles. The predicted octanol–water partition coefficient (Wildman–Crippen LogP) is 2.86. The summed E-state index contributed by atoms with van der Waals surface area (Å²) in [5.41, 5.74) is 2.39. The zero-order chi connectivity index (χ0) is 21.3. The Morgan fingerprint density at radius 1 is 1.07 bits per heavy atom. The number of piperazine rings is 1. The van der Waals surface area contributed by atoms with Crippen LogP contribution in [0.25, 0.3) is 16.6 Å². The normalized spacial score (nSPS) is 15.5. The van der Waals surface area contributed by atoms with Crippen LogP contribution in [0.3, 0.4) is 0 Å². The first kappa shape index (κ1) is 20.6. The lowest BCUT2D eigenvalue weighted by Crippen LogP contribution is -2.48. The maximum absolute atomic E-state index is 13.2. The second kappa shape index (κ2) is 8.60. The third-order valence-electron chi connectivity index (χ3n) is 5.83. The Kier molecular flexibility index (Phi) is 5.90. The van der Waals surface area contributed by atoms with Crippen LogP contribution < -0.4 is 5.56 Å². The van der Waals surface area contributed by atoms with Gasteiger partial charge in [-0.05, 0) is 31.0 Å². The number of para-hydroxylation sites is 2. The van der Waals surface area contributed by atoms with E-state index in [9.17, 15) is 9.59 Å². The monoisotopic (exact) mass is 409 g/mol. The smallest absolute Gasteiger partial charge is 0.277 e. The minimum atomic E-state index is -0.0988. The van der Waals surface area contributed by atoms with Crippen molar-refractivity contribution in [1.82, 2.24) is 24.0 Å². The molecule has 1 amide bonds. The Balaban J connectivity index is 1.67. The van der Waals surface area contributed by atoms with Crippen molar-refractivity contribution < 1.29 is 4.79 Å². The molecule has 2 aromatic heterocycles. The van der Waals surface area contributed by atoms with Crippen molar-refractivity contribution in [2.45, 2.75) is 40.2 Å². The summed E-state index contributed by atoms with van der Waals surface area (Å²) < 4.78 is 3.44. The van der Waals surface area contributed by atoms with Crippen molar-refractivity contribution in [3.8, 4) is 0 Å². The number of carbonyl (C=O) groups is 1. The number of carbonyl (C=O) groups excluding carboxylic acids is 1. The van der Waals surface area contributed by atoms with Crippen molar-refractivity contribution in [1.29, 1.82) is 0 Å². The summed E-state index contributed by atoms with van der Waals surface area (Å²) in [4.78, 5) is 30.6. The van der Waals surface area contributed by atoms with Gasteiger partial charge in [0.15, 0.2) is 5.69 Å². The Morgan fingerprint density at radius 3 is 2.43 bits per heavy atom. The first-order valence-corrected chi connectivity index (χ1v) is 11.0. The zero-order valence-electron chi connectivity index (χ0n) is 18.2. The van der Waals surface area contributed by atoms with E-state index in [1.54, 1.807) is 15.1 Å². The van der Waals surface area contributed by atoms with E-state index < -0.39 is 0 Å². The minimum Gasteiger partial charge on any atom is -0.335 e. The number of fused-ring (bicyclic) bond motifs is 3. The van der Waals surface area contributed by atoms with Gasteiger partial charge in [0.05, 0.1) is 11.0 Å². The van der Waals surface area contributed by atoms with Gasteiger partial charge in [-0.15, -0.1) is 0 Å². The molecule has 7 heteroatoms. The Morgan fingerprint density at radius 2 is 1.77 bits per heavy atom. The first-order chi connectivity index (χ1) is 14.5. The molecule has 3 heterocycles. The topological polar surface area (TPSA) is 62.9 Å². The van der Waals surface area contributed by atoms with Gasteiger partial charge in [0, 0.05) is 38.8 Å². The van der Waals surface area contributed by atoms with E-state index in [1.165, 1.54) is 12.8 Å². The van der Waals surface area contributed by atoms with Gasteiger partial charge in [-0.3, -0.25) is 14.5 Å². The molecule has 0 atom stereocenters. The maximum atomic E-state index is 13.2. The van der Waals surface area contributed by atoms with Crippen molar-refractivity contribution in [3.05, 3.63) is 46.4 Å². The van der Waals surface area contributed by atoms with Crippen LogP contribution >= 0.6 is 0 Å². The standard InChI is InChI=1S/C23H31N5O2/c1-4-5-10-25-11-13-26(14-12-25)22(29)18-15-21-23(30)27(16-17(2)3)19-8-6-7-9-20(19)28(21)24-18/h6-9,15,17H,4-5,10-14,16H2,1-3H3. The van der Waals surface area contributed by atoms with E-state index in [-0.39, 0.29) is 11.5 Å². The third-order valence-corrected chi connectivity index (χ3v) is 5.83. The molecule has 30 heavy (non-hydrogen) atoms. The average Bonchev–Trinajstić information content (AvgIpc) is 3.21. The zero-order valence-corrected chi connectivity index (χ0v) is 18.2. The lowest BCUT2D eigenvalue weighted by atomic mass is 10.2. The summed E-state index contributed by atoms with van der Waals surface area (Å²) in [6.45, 7) is 11.3. The average molecular weight is 410 g/mol. The van der Waals surface area contributed by atoms with E-state index in [4.69, 9.17) is 0 Å². The molecule has 0 spiro atoms. The van der Waals surface area contributed by atoms with E-state index in [2.05, 4.69) is 30.8 Å². The summed E-state index contributed by atoms with van der Waals surface area (Å²) in [6.07, 6.45) is 2.37. The lowest BCUT2D eigenvalue weighted by Gasteiger charge is -2.34. The molecule has 4 rings (SSSR count). The molecule has 1 saturated heterocycles.